The van der Waals surface area contributed by atoms with E-state index in [-0.39, 0.29) is 11.1 Å². The van der Waals surface area contributed by atoms with Crippen LogP contribution in [0.5, 0.6) is 0 Å². The lowest BCUT2D eigenvalue weighted by Crippen LogP contribution is -2.52. The van der Waals surface area contributed by atoms with E-state index in [2.05, 4.69) is 5.32 Å². The fraction of sp³-hybridized carbons (Fsp3) is 0.222. The molecule has 0 aromatic heterocycles. The Kier molecular flexibility index (Phi) is 6.49. The Morgan fingerprint density at radius 3 is 2.00 bits per heavy atom. The number of ether oxygens (including phenoxy) is 1. The predicted octanol–water partition coefficient (Wildman–Crippen LogP) is 3.07. The van der Waals surface area contributed by atoms with Crippen LogP contribution in [-0.2, 0) is 28.4 Å². The minimum Gasteiger partial charge on any atom is -0.467 e. The Labute approximate surface area is 156 Å². The molecular weight excluding hydrogens is 376 g/mol. The van der Waals surface area contributed by atoms with Gasteiger partial charge in [-0.2, -0.15) is 0 Å². The van der Waals surface area contributed by atoms with E-state index >= 15 is 0 Å². The first-order valence-corrected chi connectivity index (χ1v) is 9.32. The van der Waals surface area contributed by atoms with Gasteiger partial charge in [-0.15, -0.1) is 0 Å². The fourth-order valence-electron chi connectivity index (χ4n) is 2.59. The summed E-state index contributed by atoms with van der Waals surface area (Å²) < 4.78 is 41.6. The Balaban J connectivity index is 2.71. The van der Waals surface area contributed by atoms with Gasteiger partial charge in [0, 0.05) is 25.3 Å². The third-order valence-electron chi connectivity index (χ3n) is 3.96. The topological polar surface area (TPSA) is 90.9 Å². The molecule has 0 spiro atoms. The van der Waals surface area contributed by atoms with Crippen LogP contribution in [0.2, 0.25) is 0 Å². The maximum atomic E-state index is 13.4. The maximum Gasteiger partial charge on any atom is 0.371 e. The Morgan fingerprint density at radius 1 is 0.963 bits per heavy atom. The molecule has 0 fully saturated rings. The van der Waals surface area contributed by atoms with Gasteiger partial charge in [0.1, 0.15) is 5.82 Å². The highest BCUT2D eigenvalue weighted by Crippen LogP contribution is 2.63. The zero-order valence-corrected chi connectivity index (χ0v) is 15.9. The third kappa shape index (κ3) is 3.78. The Bertz CT molecular complexity index is 850. The van der Waals surface area contributed by atoms with Crippen LogP contribution in [0.15, 0.2) is 54.6 Å². The molecule has 0 saturated heterocycles. The number of nitrogens with one attached hydrogen (secondary N) is 1. The van der Waals surface area contributed by atoms with Crippen molar-refractivity contribution in [3.05, 3.63) is 71.5 Å². The average molecular weight is 395 g/mol. The number of hydrogen-bond donors (Lipinski definition) is 1. The molecule has 0 aliphatic rings. The first kappa shape index (κ1) is 20.8. The van der Waals surface area contributed by atoms with E-state index in [0.717, 1.165) is 33.5 Å². The molecule has 0 aliphatic carbocycles. The second-order valence-electron chi connectivity index (χ2n) is 5.39. The highest BCUT2D eigenvalue weighted by atomic mass is 31.2. The molecule has 2 rings (SSSR count). The summed E-state index contributed by atoms with van der Waals surface area (Å²) in [6.45, 7) is 0. The fourth-order valence-corrected chi connectivity index (χ4v) is 4.31. The van der Waals surface area contributed by atoms with Gasteiger partial charge in [0.2, 0.25) is 0 Å². The van der Waals surface area contributed by atoms with E-state index in [1.165, 1.54) is 24.3 Å². The van der Waals surface area contributed by atoms with Crippen LogP contribution >= 0.6 is 7.60 Å². The summed E-state index contributed by atoms with van der Waals surface area (Å²) in [7, 11) is -1.14. The molecule has 7 nitrogen and oxygen atoms in total. The highest BCUT2D eigenvalue weighted by Gasteiger charge is 2.60. The third-order valence-corrected chi connectivity index (χ3v) is 6.30. The van der Waals surface area contributed by atoms with Crippen LogP contribution in [0.4, 0.5) is 4.39 Å². The largest absolute Gasteiger partial charge is 0.467 e. The van der Waals surface area contributed by atoms with E-state index in [0.29, 0.717) is 0 Å². The summed E-state index contributed by atoms with van der Waals surface area (Å²) in [6, 6.07) is 12.5. The second-order valence-corrected chi connectivity index (χ2v) is 7.79. The molecule has 0 unspecified atom stereocenters. The van der Waals surface area contributed by atoms with Gasteiger partial charge in [0.15, 0.2) is 0 Å². The summed E-state index contributed by atoms with van der Waals surface area (Å²) >= 11 is 0. The molecule has 2 aromatic rings. The normalized spacial score (nSPS) is 13.5. The van der Waals surface area contributed by atoms with Crippen molar-refractivity contribution in [3.63, 3.8) is 0 Å². The Hall–Kier alpha value is -2.54. The maximum absolute atomic E-state index is 13.4. The molecular formula is C18H19FNO6P. The number of carbonyl (C=O) groups excluding carboxylic acids is 2. The molecule has 1 atom stereocenters. The minimum atomic E-state index is -4.34. The van der Waals surface area contributed by atoms with Gasteiger partial charge in [-0.1, -0.05) is 30.3 Å². The van der Waals surface area contributed by atoms with Crippen molar-refractivity contribution in [1.29, 1.82) is 0 Å². The monoisotopic (exact) mass is 395 g/mol. The molecule has 9 heteroatoms. The summed E-state index contributed by atoms with van der Waals surface area (Å²) in [6.07, 6.45) is 0. The average Bonchev–Trinajstić information content (AvgIpc) is 2.72. The summed E-state index contributed by atoms with van der Waals surface area (Å²) in [4.78, 5) is 25.6. The number of halogens is 1. The lowest BCUT2D eigenvalue weighted by Gasteiger charge is -2.36. The number of esters is 1. The van der Waals surface area contributed by atoms with E-state index in [1.807, 2.05) is 0 Å². The lowest BCUT2D eigenvalue weighted by atomic mass is 10.1. The predicted molar refractivity (Wildman–Crippen MR) is 95.6 cm³/mol. The smallest absolute Gasteiger partial charge is 0.371 e. The van der Waals surface area contributed by atoms with E-state index in [4.69, 9.17) is 13.8 Å². The first-order valence-electron chi connectivity index (χ1n) is 7.78. The van der Waals surface area contributed by atoms with Crippen molar-refractivity contribution in [3.8, 4) is 0 Å². The van der Waals surface area contributed by atoms with Crippen LogP contribution in [0.25, 0.3) is 0 Å². The van der Waals surface area contributed by atoms with E-state index < -0.39 is 30.6 Å². The minimum absolute atomic E-state index is 0.0212. The van der Waals surface area contributed by atoms with Crippen molar-refractivity contribution in [2.45, 2.75) is 5.28 Å². The Morgan fingerprint density at radius 2 is 1.52 bits per heavy atom. The van der Waals surface area contributed by atoms with Crippen LogP contribution in [0.3, 0.4) is 0 Å². The van der Waals surface area contributed by atoms with Gasteiger partial charge < -0.3 is 19.1 Å². The second kappa shape index (κ2) is 8.43. The molecule has 0 bridgehead atoms. The molecule has 0 saturated carbocycles. The molecule has 0 heterocycles. The van der Waals surface area contributed by atoms with Gasteiger partial charge in [-0.05, 0) is 24.3 Å². The first-order chi connectivity index (χ1) is 12.8. The molecule has 144 valence electrons. The van der Waals surface area contributed by atoms with Gasteiger partial charge in [-0.3, -0.25) is 9.36 Å². The van der Waals surface area contributed by atoms with Crippen LogP contribution in [0, 0.1) is 5.82 Å². The zero-order valence-electron chi connectivity index (χ0n) is 15.0. The van der Waals surface area contributed by atoms with Crippen molar-refractivity contribution < 1.29 is 32.3 Å². The van der Waals surface area contributed by atoms with Gasteiger partial charge in [0.25, 0.3) is 11.2 Å². The van der Waals surface area contributed by atoms with Crippen LogP contribution in [-0.4, -0.2) is 33.2 Å². The lowest BCUT2D eigenvalue weighted by molar-refractivity contribution is -0.145. The number of methoxy groups -OCH3 is 1. The standard InChI is InChI=1S/C18H19FNO6P/c1-24-17(22)18(27(23,25-2)26-3,14-9-11-15(19)12-10-14)20-16(21)13-7-5-4-6-8-13/h4-12H,1-3H3,(H,20,21)/t18-/m1/s1. The van der Waals surface area contributed by atoms with Crippen molar-refractivity contribution >= 4 is 19.5 Å². The highest BCUT2D eigenvalue weighted by molar-refractivity contribution is 7.56. The van der Waals surface area contributed by atoms with Crippen LogP contribution in [0.1, 0.15) is 15.9 Å². The quantitative estimate of drug-likeness (QED) is 0.572. The van der Waals surface area contributed by atoms with Crippen molar-refractivity contribution in [2.24, 2.45) is 0 Å². The van der Waals surface area contributed by atoms with E-state index in [9.17, 15) is 18.5 Å². The molecule has 1 N–H and O–H groups in total. The number of amides is 1. The molecule has 2 aromatic carbocycles. The van der Waals surface area contributed by atoms with Crippen molar-refractivity contribution in [2.75, 3.05) is 21.3 Å². The summed E-state index contributed by atoms with van der Waals surface area (Å²) in [5.74, 6) is -2.40. The van der Waals surface area contributed by atoms with Gasteiger partial charge >= 0.3 is 13.6 Å². The van der Waals surface area contributed by atoms with E-state index in [1.54, 1.807) is 18.2 Å². The van der Waals surface area contributed by atoms with Gasteiger partial charge in [-0.25, -0.2) is 9.18 Å². The number of carbonyl (C=O) groups is 2. The molecule has 27 heavy (non-hydrogen) atoms. The van der Waals surface area contributed by atoms with Gasteiger partial charge in [0.05, 0.1) is 7.11 Å². The molecule has 1 amide bonds. The molecule has 0 aliphatic heterocycles. The zero-order chi connectivity index (χ0) is 20.1. The summed E-state index contributed by atoms with van der Waals surface area (Å²) in [5.41, 5.74) is 0.179. The number of benzene rings is 2. The number of hydrogen-bond acceptors (Lipinski definition) is 6. The van der Waals surface area contributed by atoms with Crippen LogP contribution < -0.4 is 5.32 Å². The SMILES string of the molecule is COC(=O)[C@@](NC(=O)c1ccccc1)(c1ccc(F)cc1)P(=O)(OC)OC. The molecule has 0 radical (unpaired) electrons. The van der Waals surface area contributed by atoms with Crippen molar-refractivity contribution in [1.82, 2.24) is 5.32 Å². The number of rotatable bonds is 7. The summed E-state index contributed by atoms with van der Waals surface area (Å²) in [5, 5.41) is 0.0853.